The largest absolute Gasteiger partial charge is 0.337 e. The summed E-state index contributed by atoms with van der Waals surface area (Å²) in [5.74, 6) is 0.175. The Hall–Kier alpha value is -2.13. The van der Waals surface area contributed by atoms with Gasteiger partial charge in [-0.3, -0.25) is 4.79 Å². The van der Waals surface area contributed by atoms with Crippen molar-refractivity contribution in [3.05, 3.63) is 60.2 Å². The average Bonchev–Trinajstić information content (AvgIpc) is 2.61. The third-order valence-electron chi connectivity index (χ3n) is 5.24. The number of carbonyl (C=O) groups excluding carboxylic acids is 1. The lowest BCUT2D eigenvalue weighted by Gasteiger charge is -2.52. The SMILES string of the molecule is O=C(c1ccc(-c2ccccc2)cc1)N1CC2(CCNCC2)C1. The smallest absolute Gasteiger partial charge is 0.253 e. The molecular weight excluding hydrogens is 284 g/mol. The molecule has 2 aliphatic heterocycles. The lowest BCUT2D eigenvalue weighted by atomic mass is 9.72. The van der Waals surface area contributed by atoms with E-state index in [4.69, 9.17) is 0 Å². The molecule has 23 heavy (non-hydrogen) atoms. The lowest BCUT2D eigenvalue weighted by Crippen LogP contribution is -2.61. The molecule has 1 N–H and O–H groups in total. The van der Waals surface area contributed by atoms with Gasteiger partial charge in [-0.05, 0) is 49.2 Å². The van der Waals surface area contributed by atoms with Gasteiger partial charge < -0.3 is 10.2 Å². The monoisotopic (exact) mass is 306 g/mol. The highest BCUT2D eigenvalue weighted by molar-refractivity contribution is 5.95. The average molecular weight is 306 g/mol. The van der Waals surface area contributed by atoms with Crippen LogP contribution in [0.25, 0.3) is 11.1 Å². The van der Waals surface area contributed by atoms with Crippen LogP contribution >= 0.6 is 0 Å². The molecule has 1 spiro atoms. The predicted octanol–water partition coefficient (Wildman–Crippen LogP) is 3.18. The number of nitrogens with zero attached hydrogens (tertiary/aromatic N) is 1. The fourth-order valence-corrected chi connectivity index (χ4v) is 3.80. The summed E-state index contributed by atoms with van der Waals surface area (Å²) in [6.07, 6.45) is 2.40. The van der Waals surface area contributed by atoms with Crippen LogP contribution in [0.5, 0.6) is 0 Å². The van der Waals surface area contributed by atoms with E-state index in [0.29, 0.717) is 5.41 Å². The molecule has 2 aliphatic rings. The zero-order valence-corrected chi connectivity index (χ0v) is 13.3. The van der Waals surface area contributed by atoms with Crippen molar-refractivity contribution < 1.29 is 4.79 Å². The van der Waals surface area contributed by atoms with Gasteiger partial charge in [0.25, 0.3) is 5.91 Å². The van der Waals surface area contributed by atoms with Crippen molar-refractivity contribution >= 4 is 5.91 Å². The molecule has 3 heteroatoms. The Morgan fingerprint density at radius 2 is 1.48 bits per heavy atom. The summed E-state index contributed by atoms with van der Waals surface area (Å²) in [4.78, 5) is 14.6. The Morgan fingerprint density at radius 1 is 0.870 bits per heavy atom. The first kappa shape index (κ1) is 14.5. The first-order valence-electron chi connectivity index (χ1n) is 8.41. The second-order valence-electron chi connectivity index (χ2n) is 6.85. The quantitative estimate of drug-likeness (QED) is 0.924. The van der Waals surface area contributed by atoms with Crippen molar-refractivity contribution in [3.8, 4) is 11.1 Å². The molecular formula is C20H22N2O. The first-order valence-corrected chi connectivity index (χ1v) is 8.41. The number of hydrogen-bond donors (Lipinski definition) is 1. The van der Waals surface area contributed by atoms with Crippen LogP contribution in [-0.2, 0) is 0 Å². The molecule has 118 valence electrons. The number of rotatable bonds is 2. The number of nitrogens with one attached hydrogen (secondary N) is 1. The van der Waals surface area contributed by atoms with Crippen molar-refractivity contribution in [1.82, 2.24) is 10.2 Å². The van der Waals surface area contributed by atoms with Gasteiger partial charge in [-0.2, -0.15) is 0 Å². The first-order chi connectivity index (χ1) is 11.3. The van der Waals surface area contributed by atoms with Crippen molar-refractivity contribution in [2.45, 2.75) is 12.8 Å². The zero-order valence-electron chi connectivity index (χ0n) is 13.3. The minimum Gasteiger partial charge on any atom is -0.337 e. The van der Waals surface area contributed by atoms with E-state index in [9.17, 15) is 4.79 Å². The molecule has 3 nitrogen and oxygen atoms in total. The normalized spacial score (nSPS) is 19.4. The predicted molar refractivity (Wildman–Crippen MR) is 92.3 cm³/mol. The molecule has 2 heterocycles. The van der Waals surface area contributed by atoms with Crippen molar-refractivity contribution in [3.63, 3.8) is 0 Å². The van der Waals surface area contributed by atoms with Crippen LogP contribution in [0.15, 0.2) is 54.6 Å². The molecule has 0 saturated carbocycles. The maximum absolute atomic E-state index is 12.6. The molecule has 0 aromatic heterocycles. The highest BCUT2D eigenvalue weighted by atomic mass is 16.2. The van der Waals surface area contributed by atoms with E-state index in [1.807, 2.05) is 47.4 Å². The minimum atomic E-state index is 0.175. The van der Waals surface area contributed by atoms with Gasteiger partial charge in [-0.25, -0.2) is 0 Å². The highest BCUT2D eigenvalue weighted by Gasteiger charge is 2.45. The Labute approximate surface area is 137 Å². The molecule has 1 amide bonds. The third-order valence-corrected chi connectivity index (χ3v) is 5.24. The van der Waals surface area contributed by atoms with Gasteiger partial charge in [-0.15, -0.1) is 0 Å². The molecule has 2 saturated heterocycles. The van der Waals surface area contributed by atoms with Gasteiger partial charge in [0.2, 0.25) is 0 Å². The number of hydrogen-bond acceptors (Lipinski definition) is 2. The van der Waals surface area contributed by atoms with Gasteiger partial charge in [0.15, 0.2) is 0 Å². The lowest BCUT2D eigenvalue weighted by molar-refractivity contribution is -0.0113. The maximum Gasteiger partial charge on any atom is 0.253 e. The van der Waals surface area contributed by atoms with E-state index in [-0.39, 0.29) is 5.91 Å². The Morgan fingerprint density at radius 3 is 2.13 bits per heavy atom. The highest BCUT2D eigenvalue weighted by Crippen LogP contribution is 2.39. The maximum atomic E-state index is 12.6. The van der Waals surface area contributed by atoms with Gasteiger partial charge in [-0.1, -0.05) is 42.5 Å². The third kappa shape index (κ3) is 2.77. The molecule has 2 aromatic carbocycles. The van der Waals surface area contributed by atoms with Crippen LogP contribution in [0.3, 0.4) is 0 Å². The number of likely N-dealkylation sites (tertiary alicyclic amines) is 1. The summed E-state index contributed by atoms with van der Waals surface area (Å²) in [6, 6.07) is 18.3. The summed E-state index contributed by atoms with van der Waals surface area (Å²) in [5, 5.41) is 3.40. The number of benzene rings is 2. The molecule has 2 fully saturated rings. The topological polar surface area (TPSA) is 32.3 Å². The standard InChI is InChI=1S/C20H22N2O/c23-19(22-14-20(15-22)10-12-21-13-11-20)18-8-6-17(7-9-18)16-4-2-1-3-5-16/h1-9,21H,10-15H2. The van der Waals surface area contributed by atoms with Gasteiger partial charge >= 0.3 is 0 Å². The molecule has 4 rings (SSSR count). The van der Waals surface area contributed by atoms with E-state index in [1.165, 1.54) is 18.4 Å². The van der Waals surface area contributed by atoms with Crippen LogP contribution in [-0.4, -0.2) is 37.0 Å². The molecule has 2 aromatic rings. The number of carbonyl (C=O) groups is 1. The van der Waals surface area contributed by atoms with E-state index >= 15 is 0 Å². The Bertz CT molecular complexity index is 679. The van der Waals surface area contributed by atoms with E-state index < -0.39 is 0 Å². The molecule has 0 radical (unpaired) electrons. The fraction of sp³-hybridized carbons (Fsp3) is 0.350. The minimum absolute atomic E-state index is 0.175. The number of piperidine rings is 1. The van der Waals surface area contributed by atoms with E-state index in [1.54, 1.807) is 0 Å². The Kier molecular flexibility index (Phi) is 3.66. The summed E-state index contributed by atoms with van der Waals surface area (Å²) in [6.45, 7) is 4.03. The second-order valence-corrected chi connectivity index (χ2v) is 6.85. The van der Waals surface area contributed by atoms with Crippen LogP contribution in [0.1, 0.15) is 23.2 Å². The Balaban J connectivity index is 1.44. The molecule has 0 atom stereocenters. The van der Waals surface area contributed by atoms with Gasteiger partial charge in [0, 0.05) is 24.1 Å². The molecule has 0 aliphatic carbocycles. The van der Waals surface area contributed by atoms with Crippen molar-refractivity contribution in [1.29, 1.82) is 0 Å². The summed E-state index contributed by atoms with van der Waals surface area (Å²) < 4.78 is 0. The van der Waals surface area contributed by atoms with Crippen molar-refractivity contribution in [2.24, 2.45) is 5.41 Å². The zero-order chi connectivity index (χ0) is 15.7. The van der Waals surface area contributed by atoms with Crippen molar-refractivity contribution in [2.75, 3.05) is 26.2 Å². The van der Waals surface area contributed by atoms with Crippen LogP contribution in [0.4, 0.5) is 0 Å². The van der Waals surface area contributed by atoms with Crippen LogP contribution < -0.4 is 5.32 Å². The van der Waals surface area contributed by atoms with Crippen LogP contribution in [0.2, 0.25) is 0 Å². The summed E-state index contributed by atoms with van der Waals surface area (Å²) >= 11 is 0. The van der Waals surface area contributed by atoms with E-state index in [0.717, 1.165) is 37.3 Å². The fourth-order valence-electron chi connectivity index (χ4n) is 3.80. The summed E-state index contributed by atoms with van der Waals surface area (Å²) in [5.41, 5.74) is 3.53. The van der Waals surface area contributed by atoms with E-state index in [2.05, 4.69) is 17.4 Å². The van der Waals surface area contributed by atoms with Gasteiger partial charge in [0.05, 0.1) is 0 Å². The second kappa shape index (κ2) is 5.82. The van der Waals surface area contributed by atoms with Gasteiger partial charge in [0.1, 0.15) is 0 Å². The van der Waals surface area contributed by atoms with Crippen LogP contribution in [0, 0.1) is 5.41 Å². The molecule has 0 bridgehead atoms. The summed E-state index contributed by atoms with van der Waals surface area (Å²) in [7, 11) is 0. The molecule has 0 unspecified atom stereocenters. The number of amides is 1.